The molecule has 529 valence electrons. The Morgan fingerprint density at radius 3 is 1.31 bits per heavy atom. The summed E-state index contributed by atoms with van der Waals surface area (Å²) in [5.74, 6) is -10.7. The van der Waals surface area contributed by atoms with Crippen molar-refractivity contribution in [1.29, 1.82) is 0 Å². The van der Waals surface area contributed by atoms with Gasteiger partial charge >= 0.3 is 12.1 Å². The number of carbonyl (C=O) groups is 14. The van der Waals surface area contributed by atoms with Crippen molar-refractivity contribution >= 4 is 94.9 Å². The Hall–Kier alpha value is -9.56. The van der Waals surface area contributed by atoms with Gasteiger partial charge in [0.2, 0.25) is 59.1 Å². The number of hydrogen-bond acceptors (Lipinski definition) is 27. The number of amides is 16. The number of aliphatic imine (C=N–C) groups is 2. The van der Waals surface area contributed by atoms with Crippen LogP contribution in [0.2, 0.25) is 0 Å². The Labute approximate surface area is 548 Å². The summed E-state index contributed by atoms with van der Waals surface area (Å²) in [5, 5.41) is 48.0. The van der Waals surface area contributed by atoms with Gasteiger partial charge in [-0.2, -0.15) is 0 Å². The molecule has 4 aliphatic heterocycles. The average molecular weight is 1380 g/mol. The normalized spacial score (nSPS) is 26.2. The van der Waals surface area contributed by atoms with Gasteiger partial charge in [0.25, 0.3) is 11.8 Å². The van der Waals surface area contributed by atoms with Gasteiger partial charge in [-0.1, -0.05) is 0 Å². The summed E-state index contributed by atoms with van der Waals surface area (Å²) in [5.41, 5.74) is 55.2. The number of hydrogen-bond donors (Lipinski definition) is 27. The number of nitrogens with zero attached hydrogens (tertiary/aromatic N) is 2. The first-order valence-corrected chi connectivity index (χ1v) is 29.2. The second-order valence-corrected chi connectivity index (χ2v) is 21.3. The molecule has 0 unspecified atom stereocenters. The molecule has 94 heavy (non-hydrogen) atoms. The summed E-state index contributed by atoms with van der Waals surface area (Å²) >= 11 is 0. The molecule has 0 aromatic heterocycles. The zero-order chi connectivity index (χ0) is 69.5. The number of nitrogens with two attached hydrogens (primary N) is 10. The Morgan fingerprint density at radius 2 is 0.936 bits per heavy atom. The van der Waals surface area contributed by atoms with Gasteiger partial charge in [-0.25, -0.2) is 19.6 Å². The zero-order valence-electron chi connectivity index (χ0n) is 51.2. The van der Waals surface area contributed by atoms with Crippen molar-refractivity contribution in [2.24, 2.45) is 67.3 Å². The minimum Gasteiger partial charge on any atom is -0.394 e. The Bertz CT molecular complexity index is 2850. The monoisotopic (exact) mass is 1380 g/mol. The van der Waals surface area contributed by atoms with Crippen LogP contribution in [0.1, 0.15) is 58.3 Å². The first-order valence-electron chi connectivity index (χ1n) is 29.2. The molecule has 44 heteroatoms. The molecule has 1 radical (unpaired) electrons. The predicted molar refractivity (Wildman–Crippen MR) is 328 cm³/mol. The smallest absolute Gasteiger partial charge is 0.316 e. The molecule has 4 heterocycles. The van der Waals surface area contributed by atoms with Crippen molar-refractivity contribution in [2.45, 2.75) is 131 Å². The van der Waals surface area contributed by atoms with Gasteiger partial charge in [-0.3, -0.25) is 57.5 Å². The van der Waals surface area contributed by atoms with Gasteiger partial charge in [-0.05, 0) is 58.5 Å². The molecule has 43 nitrogen and oxygen atoms in total. The predicted octanol–water partition coefficient (Wildman–Crippen LogP) is -15.4. The summed E-state index contributed by atoms with van der Waals surface area (Å²) in [6, 6.07) is -16.6. The van der Waals surface area contributed by atoms with E-state index in [0.29, 0.717) is 45.3 Å². The molecule has 0 aliphatic carbocycles. The summed E-state index contributed by atoms with van der Waals surface area (Å²) < 4.78 is 0. The van der Waals surface area contributed by atoms with Gasteiger partial charge in [0.1, 0.15) is 59.7 Å². The van der Waals surface area contributed by atoms with E-state index >= 15 is 0 Å². The third-order valence-corrected chi connectivity index (χ3v) is 13.7. The first-order chi connectivity index (χ1) is 44.0. The standard InChI is InChI=1S/C25H44N14O8.C25H44N14O7.Cu/c26-4-1-2-11(27)6-17(41)32-8-14-20(43)35-15(9-34-25(30)47)21(44)39-18(13-3-5-31-24(29)38-13)23(46)33-7-12(28)19(42)37-16(10-40)22(45)36-14;1-11-19(41)36-15(9-32-17(40)7-12(27)3-2-5-26)21(43)37-16(10-34-25(30)46)22(44)39-18(14-4-6-31-24(29)38-14)23(45)33-8-13(28)20(42)35-11;/h9,11-14,16,18,40H,1-8,10,26-28H2,(H,32,41)(H,33,46)(H,35,43)(H,36,45)(H,37,42)(H,39,44)(H3,29,31,38)(H3,30,34,47);10-15,18H,2-9,26-28H2,1H3,(H,32,40)(H,33,45)(H,35,42)(H,36,41)(H,37,43)(H,39,44)(H3,29,31,38)(H3,30,34,46);/b15-9+;16-10+;/t11-,12-,13+,14-,16-,18-;11-,12-,13-,14+,15-,18-;/m00./s1. The molecule has 2 fully saturated rings. The van der Waals surface area contributed by atoms with Crippen molar-refractivity contribution < 1.29 is 89.3 Å². The van der Waals surface area contributed by atoms with Crippen molar-refractivity contribution in [3.8, 4) is 0 Å². The summed E-state index contributed by atoms with van der Waals surface area (Å²) in [7, 11) is 0. The molecule has 0 saturated carbocycles. The van der Waals surface area contributed by atoms with Crippen LogP contribution in [-0.2, 0) is 74.6 Å². The molecule has 2 saturated heterocycles. The van der Waals surface area contributed by atoms with E-state index in [4.69, 9.17) is 57.3 Å². The quantitative estimate of drug-likeness (QED) is 0.0422. The summed E-state index contributed by atoms with van der Waals surface area (Å²) in [6.45, 7) is -0.115. The molecule has 0 aromatic rings. The fourth-order valence-corrected chi connectivity index (χ4v) is 8.60. The Balaban J connectivity index is 0.000000633. The SMILES string of the molecule is C[C@@H]1NC(=O)[C@@H](N)CNC(=O)[C@H]([C@H]2CCNC(N)=N2)NC(=O)/C(=C\NC(N)=O)NC(=O)[C@H](CNC(=O)C[C@@H](N)CCCN)NC1=O.NCCC[C@H](N)CC(=O)NC[C@@H]1NC(=O)[C@H](CO)NC(=O)[C@@H](N)CNC(=O)[C@H]([C@H]2CCNC(N)=N2)NC(=O)/C(=C\NC(N)=O)NC1=O.[Cu]. The fourth-order valence-electron chi connectivity index (χ4n) is 8.60. The fraction of sp³-hybridized carbons (Fsp3) is 0.600. The van der Waals surface area contributed by atoms with Crippen LogP contribution in [-0.4, -0.2) is 231 Å². The maximum Gasteiger partial charge on any atom is 0.316 e. The van der Waals surface area contributed by atoms with Crippen LogP contribution in [0.5, 0.6) is 0 Å². The minimum absolute atomic E-state index is 0. The molecular formula is C50H88CuN28O15. The van der Waals surface area contributed by atoms with Crippen LogP contribution in [0.15, 0.2) is 33.8 Å². The Kier molecular flexibility index (Phi) is 35.2. The molecule has 37 N–H and O–H groups in total. The number of primary amides is 2. The number of carbonyl (C=O) groups excluding carboxylic acids is 14. The Morgan fingerprint density at radius 1 is 0.553 bits per heavy atom. The molecule has 0 bridgehead atoms. The number of guanidine groups is 2. The van der Waals surface area contributed by atoms with E-state index < -0.39 is 193 Å². The summed E-state index contributed by atoms with van der Waals surface area (Å²) in [4.78, 5) is 188. The van der Waals surface area contributed by atoms with E-state index in [0.717, 1.165) is 12.4 Å². The van der Waals surface area contributed by atoms with Gasteiger partial charge in [0.05, 0.1) is 18.7 Å². The topological polar surface area (TPSA) is 737 Å². The van der Waals surface area contributed by atoms with Crippen LogP contribution < -0.4 is 142 Å². The number of aliphatic hydroxyl groups is 1. The molecular weight excluding hydrogens is 1300 g/mol. The molecule has 16 amide bonds. The van der Waals surface area contributed by atoms with Gasteiger partial charge in [0.15, 0.2) is 11.9 Å². The van der Waals surface area contributed by atoms with Gasteiger partial charge in [-0.15, -0.1) is 0 Å². The summed E-state index contributed by atoms with van der Waals surface area (Å²) in [6.07, 6.45) is 3.85. The van der Waals surface area contributed by atoms with Gasteiger partial charge in [0, 0.05) is 93.7 Å². The van der Waals surface area contributed by atoms with E-state index in [2.05, 4.69) is 89.7 Å². The van der Waals surface area contributed by atoms with Crippen LogP contribution in [0, 0.1) is 0 Å². The van der Waals surface area contributed by atoms with E-state index in [1.165, 1.54) is 6.92 Å². The average Bonchev–Trinajstić information content (AvgIpc) is 0.866. The molecule has 4 aliphatic rings. The second kappa shape index (κ2) is 41.1. The molecule has 0 spiro atoms. The van der Waals surface area contributed by atoms with Gasteiger partial charge < -0.3 is 148 Å². The maximum atomic E-state index is 13.5. The van der Waals surface area contributed by atoms with Crippen molar-refractivity contribution in [2.75, 3.05) is 59.0 Å². The van der Waals surface area contributed by atoms with Crippen molar-refractivity contribution in [1.82, 2.24) is 85.1 Å². The number of aliphatic hydroxyl groups excluding tert-OH is 1. The van der Waals surface area contributed by atoms with Crippen molar-refractivity contribution in [3.63, 3.8) is 0 Å². The third-order valence-electron chi connectivity index (χ3n) is 13.7. The third kappa shape index (κ3) is 28.5. The second-order valence-electron chi connectivity index (χ2n) is 21.3. The van der Waals surface area contributed by atoms with E-state index in [1.54, 1.807) is 0 Å². The number of urea groups is 2. The van der Waals surface area contributed by atoms with E-state index in [1.807, 2.05) is 5.32 Å². The first kappa shape index (κ1) is 80.5. The largest absolute Gasteiger partial charge is 0.394 e. The molecule has 4 rings (SSSR count). The van der Waals surface area contributed by atoms with Crippen molar-refractivity contribution in [3.05, 3.63) is 23.8 Å². The van der Waals surface area contributed by atoms with E-state index in [9.17, 15) is 72.2 Å². The zero-order valence-corrected chi connectivity index (χ0v) is 52.2. The van der Waals surface area contributed by atoms with E-state index in [-0.39, 0.29) is 67.8 Å². The molecule has 0 aromatic carbocycles. The minimum atomic E-state index is -1.63. The number of nitrogens with one attached hydrogen (secondary N) is 16. The van der Waals surface area contributed by atoms with Crippen LogP contribution >= 0.6 is 0 Å². The molecule has 12 atom stereocenters. The van der Waals surface area contributed by atoms with Crippen LogP contribution in [0.25, 0.3) is 0 Å². The van der Waals surface area contributed by atoms with Crippen LogP contribution in [0.3, 0.4) is 0 Å². The maximum absolute atomic E-state index is 13.5. The number of rotatable bonds is 19. The van der Waals surface area contributed by atoms with Crippen LogP contribution in [0.4, 0.5) is 9.59 Å².